The maximum Gasteiger partial charge on any atom is 0.329 e. The first-order chi connectivity index (χ1) is 12.6. The molecule has 0 amide bonds. The van der Waals surface area contributed by atoms with Gasteiger partial charge in [0.25, 0.3) is 5.69 Å². The predicted molar refractivity (Wildman–Crippen MR) is 98.9 cm³/mol. The van der Waals surface area contributed by atoms with E-state index < -0.39 is 27.0 Å². The monoisotopic (exact) mass is 392 g/mol. The maximum absolute atomic E-state index is 12.5. The fraction of sp³-hybridized carbons (Fsp3) is 0.278. The largest absolute Gasteiger partial charge is 0.425 e. The zero-order valence-electron chi connectivity index (χ0n) is 15.1. The number of benzene rings is 2. The minimum absolute atomic E-state index is 0.0434. The van der Waals surface area contributed by atoms with Crippen molar-refractivity contribution < 1.29 is 22.9 Å². The normalized spacial score (nSPS) is 12.6. The molecule has 0 unspecified atom stereocenters. The van der Waals surface area contributed by atoms with E-state index in [1.54, 1.807) is 26.0 Å². The van der Waals surface area contributed by atoms with Crippen LogP contribution in [0.1, 0.15) is 19.4 Å². The molecule has 0 bridgehead atoms. The summed E-state index contributed by atoms with van der Waals surface area (Å²) in [5.41, 5.74) is 0.766. The number of esters is 1. The van der Waals surface area contributed by atoms with Crippen LogP contribution in [0, 0.1) is 23.0 Å². The van der Waals surface area contributed by atoms with Gasteiger partial charge in [0.05, 0.1) is 9.82 Å². The molecule has 2 aromatic rings. The Bertz CT molecular complexity index is 921. The molecule has 0 aliphatic rings. The Morgan fingerprint density at radius 3 is 2.11 bits per heavy atom. The lowest BCUT2D eigenvalue weighted by Gasteiger charge is -2.20. The average molecular weight is 392 g/mol. The third kappa shape index (κ3) is 5.35. The summed E-state index contributed by atoms with van der Waals surface area (Å²) >= 11 is 0. The molecular weight excluding hydrogens is 372 g/mol. The average Bonchev–Trinajstić information content (AvgIpc) is 2.60. The summed E-state index contributed by atoms with van der Waals surface area (Å²) in [5.74, 6) is -1.09. The number of carbonyl (C=O) groups is 1. The third-order valence-electron chi connectivity index (χ3n) is 3.80. The molecule has 1 N–H and O–H groups in total. The number of nitro groups is 1. The molecule has 0 fully saturated rings. The van der Waals surface area contributed by atoms with E-state index in [-0.39, 0.29) is 22.3 Å². The number of non-ortho nitro benzene ring substituents is 1. The molecule has 0 heterocycles. The van der Waals surface area contributed by atoms with Gasteiger partial charge in [-0.2, -0.15) is 4.72 Å². The number of hydrogen-bond acceptors (Lipinski definition) is 6. The van der Waals surface area contributed by atoms with Gasteiger partial charge in [0.2, 0.25) is 10.0 Å². The molecule has 0 saturated heterocycles. The highest BCUT2D eigenvalue weighted by molar-refractivity contribution is 7.89. The molecule has 8 nitrogen and oxygen atoms in total. The van der Waals surface area contributed by atoms with E-state index in [1.165, 1.54) is 36.4 Å². The Morgan fingerprint density at radius 1 is 1.07 bits per heavy atom. The van der Waals surface area contributed by atoms with Crippen LogP contribution < -0.4 is 9.46 Å². The lowest BCUT2D eigenvalue weighted by Crippen LogP contribution is -2.46. The van der Waals surface area contributed by atoms with Gasteiger partial charge in [-0.3, -0.25) is 10.1 Å². The van der Waals surface area contributed by atoms with Gasteiger partial charge in [-0.1, -0.05) is 31.5 Å². The molecule has 0 radical (unpaired) electrons. The molecule has 0 aromatic heterocycles. The van der Waals surface area contributed by atoms with Crippen molar-refractivity contribution in [1.29, 1.82) is 0 Å². The van der Waals surface area contributed by atoms with Crippen molar-refractivity contribution in [2.45, 2.75) is 31.7 Å². The summed E-state index contributed by atoms with van der Waals surface area (Å²) in [4.78, 5) is 22.6. The van der Waals surface area contributed by atoms with Gasteiger partial charge in [-0.05, 0) is 37.1 Å². The van der Waals surface area contributed by atoms with Gasteiger partial charge < -0.3 is 4.74 Å². The molecular formula is C18H20N2O6S. The van der Waals surface area contributed by atoms with E-state index in [2.05, 4.69) is 4.72 Å². The van der Waals surface area contributed by atoms with Crippen molar-refractivity contribution in [3.05, 3.63) is 64.2 Å². The molecule has 0 spiro atoms. The third-order valence-corrected chi connectivity index (χ3v) is 5.26. The first-order valence-electron chi connectivity index (χ1n) is 8.15. The number of sulfonamides is 1. The van der Waals surface area contributed by atoms with Crippen LogP contribution in [0.2, 0.25) is 0 Å². The second kappa shape index (κ2) is 8.28. The molecule has 0 saturated carbocycles. The van der Waals surface area contributed by atoms with Crippen LogP contribution in [0.25, 0.3) is 0 Å². The van der Waals surface area contributed by atoms with Crippen LogP contribution in [-0.4, -0.2) is 25.4 Å². The fourth-order valence-electron chi connectivity index (χ4n) is 2.22. The summed E-state index contributed by atoms with van der Waals surface area (Å²) in [6.45, 7) is 5.20. The Balaban J connectivity index is 2.17. The van der Waals surface area contributed by atoms with Crippen molar-refractivity contribution in [3.8, 4) is 5.75 Å². The number of aryl methyl sites for hydroxylation is 1. The lowest BCUT2D eigenvalue weighted by molar-refractivity contribution is -0.384. The minimum atomic E-state index is -3.92. The number of carbonyl (C=O) groups excluding carboxylic acids is 1. The van der Waals surface area contributed by atoms with E-state index in [0.717, 1.165) is 5.56 Å². The molecule has 2 rings (SSSR count). The van der Waals surface area contributed by atoms with Gasteiger partial charge in [0, 0.05) is 12.1 Å². The van der Waals surface area contributed by atoms with Crippen molar-refractivity contribution in [3.63, 3.8) is 0 Å². The molecule has 0 aliphatic carbocycles. The maximum atomic E-state index is 12.5. The lowest BCUT2D eigenvalue weighted by atomic mass is 10.1. The van der Waals surface area contributed by atoms with Crippen LogP contribution in [0.15, 0.2) is 53.4 Å². The molecule has 2 aromatic carbocycles. The zero-order valence-corrected chi connectivity index (χ0v) is 15.9. The van der Waals surface area contributed by atoms with Crippen LogP contribution in [-0.2, 0) is 14.8 Å². The second-order valence-electron chi connectivity index (χ2n) is 6.33. The molecule has 27 heavy (non-hydrogen) atoms. The Labute approximate surface area is 157 Å². The van der Waals surface area contributed by atoms with Gasteiger partial charge in [-0.25, -0.2) is 13.2 Å². The Kier molecular flexibility index (Phi) is 6.29. The quantitative estimate of drug-likeness (QED) is 0.335. The molecule has 144 valence electrons. The van der Waals surface area contributed by atoms with E-state index in [9.17, 15) is 23.3 Å². The van der Waals surface area contributed by atoms with Crippen molar-refractivity contribution in [1.82, 2.24) is 4.72 Å². The summed E-state index contributed by atoms with van der Waals surface area (Å²) in [7, 11) is -3.92. The minimum Gasteiger partial charge on any atom is -0.425 e. The summed E-state index contributed by atoms with van der Waals surface area (Å²) in [6.07, 6.45) is 0. The van der Waals surface area contributed by atoms with E-state index in [0.29, 0.717) is 0 Å². The summed E-state index contributed by atoms with van der Waals surface area (Å²) in [5, 5.41) is 10.7. The number of ether oxygens (including phenoxy) is 1. The van der Waals surface area contributed by atoms with Crippen molar-refractivity contribution in [2.75, 3.05) is 0 Å². The van der Waals surface area contributed by atoms with E-state index in [1.807, 2.05) is 6.92 Å². The second-order valence-corrected chi connectivity index (χ2v) is 8.04. The van der Waals surface area contributed by atoms with Gasteiger partial charge in [0.15, 0.2) is 0 Å². The number of nitro benzene ring substituents is 1. The van der Waals surface area contributed by atoms with Crippen LogP contribution >= 0.6 is 0 Å². The van der Waals surface area contributed by atoms with Gasteiger partial charge in [0.1, 0.15) is 11.8 Å². The number of nitrogens with zero attached hydrogens (tertiary/aromatic N) is 1. The van der Waals surface area contributed by atoms with Crippen LogP contribution in [0.4, 0.5) is 5.69 Å². The van der Waals surface area contributed by atoms with Gasteiger partial charge >= 0.3 is 5.97 Å². The Hall–Kier alpha value is -2.78. The summed E-state index contributed by atoms with van der Waals surface area (Å²) in [6, 6.07) is 10.1. The van der Waals surface area contributed by atoms with Crippen molar-refractivity contribution in [2.24, 2.45) is 5.92 Å². The molecule has 1 atom stereocenters. The van der Waals surface area contributed by atoms with E-state index >= 15 is 0 Å². The smallest absolute Gasteiger partial charge is 0.329 e. The number of hydrogen-bond donors (Lipinski definition) is 1. The highest BCUT2D eigenvalue weighted by Crippen LogP contribution is 2.19. The highest BCUT2D eigenvalue weighted by Gasteiger charge is 2.30. The standard InChI is InChI=1S/C18H20N2O6S/c1-12(2)17(19-27(24,25)16-10-4-13(3)5-11-16)18(21)26-15-8-6-14(7-9-15)20(22)23/h4-12,17,19H,1-3H3/t17-/m0/s1. The molecule has 9 heteroatoms. The zero-order chi connectivity index (χ0) is 20.2. The van der Waals surface area contributed by atoms with Crippen molar-refractivity contribution >= 4 is 21.7 Å². The summed E-state index contributed by atoms with van der Waals surface area (Å²) < 4.78 is 32.6. The van der Waals surface area contributed by atoms with Crippen LogP contribution in [0.5, 0.6) is 5.75 Å². The van der Waals surface area contributed by atoms with Gasteiger partial charge in [-0.15, -0.1) is 0 Å². The predicted octanol–water partition coefficient (Wildman–Crippen LogP) is 2.81. The fourth-order valence-corrected chi connectivity index (χ4v) is 3.56. The Morgan fingerprint density at radius 2 is 1.63 bits per heavy atom. The first kappa shape index (κ1) is 20.5. The van der Waals surface area contributed by atoms with E-state index in [4.69, 9.17) is 4.74 Å². The SMILES string of the molecule is Cc1ccc(S(=O)(=O)N[C@H](C(=O)Oc2ccc([N+](=O)[O-])cc2)C(C)C)cc1. The molecule has 0 aliphatic heterocycles. The van der Waals surface area contributed by atoms with Crippen LogP contribution in [0.3, 0.4) is 0 Å². The first-order valence-corrected chi connectivity index (χ1v) is 9.63. The highest BCUT2D eigenvalue weighted by atomic mass is 32.2. The number of rotatable bonds is 7. The number of nitrogens with one attached hydrogen (secondary N) is 1. The topological polar surface area (TPSA) is 116 Å².